The third-order valence-corrected chi connectivity index (χ3v) is 3.09. The van der Waals surface area contributed by atoms with E-state index < -0.39 is 0 Å². The van der Waals surface area contributed by atoms with Gasteiger partial charge < -0.3 is 15.4 Å². The molecule has 0 radical (unpaired) electrons. The molecule has 0 saturated carbocycles. The van der Waals surface area contributed by atoms with Crippen LogP contribution in [0.25, 0.3) is 0 Å². The molecule has 2 unspecified atom stereocenters. The van der Waals surface area contributed by atoms with Gasteiger partial charge in [-0.2, -0.15) is 4.98 Å². The fourth-order valence-electron chi connectivity index (χ4n) is 2.08. The van der Waals surface area contributed by atoms with E-state index in [0.717, 1.165) is 38.2 Å². The highest BCUT2D eigenvalue weighted by Crippen LogP contribution is 2.18. The van der Waals surface area contributed by atoms with Gasteiger partial charge in [0.25, 0.3) is 0 Å². The van der Waals surface area contributed by atoms with E-state index in [1.54, 1.807) is 6.20 Å². The first-order valence-corrected chi connectivity index (χ1v) is 6.74. The molecule has 1 aromatic rings. The van der Waals surface area contributed by atoms with Gasteiger partial charge in [-0.05, 0) is 32.3 Å². The van der Waals surface area contributed by atoms with Gasteiger partial charge in [0.15, 0.2) is 0 Å². The summed E-state index contributed by atoms with van der Waals surface area (Å²) >= 11 is 0. The molecule has 5 heteroatoms. The molecule has 2 rings (SSSR count). The number of aromatic nitrogens is 2. The predicted octanol–water partition coefficient (Wildman–Crippen LogP) is 2.28. The van der Waals surface area contributed by atoms with Crippen molar-refractivity contribution in [2.24, 2.45) is 0 Å². The number of rotatable bonds is 6. The van der Waals surface area contributed by atoms with E-state index in [2.05, 4.69) is 34.4 Å². The highest BCUT2D eigenvalue weighted by molar-refractivity contribution is 5.40. The molecule has 2 N–H and O–H groups in total. The maximum absolute atomic E-state index is 5.66. The van der Waals surface area contributed by atoms with Gasteiger partial charge in [-0.1, -0.05) is 6.92 Å². The Balaban J connectivity index is 1.91. The van der Waals surface area contributed by atoms with Crippen molar-refractivity contribution >= 4 is 11.8 Å². The lowest BCUT2D eigenvalue weighted by Crippen LogP contribution is -2.30. The van der Waals surface area contributed by atoms with E-state index in [1.165, 1.54) is 0 Å². The van der Waals surface area contributed by atoms with Crippen LogP contribution >= 0.6 is 0 Å². The first-order chi connectivity index (χ1) is 8.79. The first kappa shape index (κ1) is 13.1. The van der Waals surface area contributed by atoms with Crippen molar-refractivity contribution in [2.75, 3.05) is 23.8 Å². The van der Waals surface area contributed by atoms with Crippen LogP contribution in [0.2, 0.25) is 0 Å². The summed E-state index contributed by atoms with van der Waals surface area (Å²) in [6.45, 7) is 6.03. The monoisotopic (exact) mass is 250 g/mol. The van der Waals surface area contributed by atoms with Crippen LogP contribution in [0, 0.1) is 0 Å². The quantitative estimate of drug-likeness (QED) is 0.811. The van der Waals surface area contributed by atoms with Gasteiger partial charge in [0.05, 0.1) is 12.1 Å². The second kappa shape index (κ2) is 6.54. The molecule has 1 fully saturated rings. The highest BCUT2D eigenvalue weighted by atomic mass is 16.5. The zero-order valence-electron chi connectivity index (χ0n) is 11.1. The maximum Gasteiger partial charge on any atom is 0.224 e. The zero-order valence-corrected chi connectivity index (χ0v) is 11.1. The summed E-state index contributed by atoms with van der Waals surface area (Å²) in [5.41, 5.74) is 0. The second-order valence-corrected chi connectivity index (χ2v) is 4.68. The molecule has 0 amide bonds. The van der Waals surface area contributed by atoms with Crippen LogP contribution in [-0.2, 0) is 4.74 Å². The van der Waals surface area contributed by atoms with Gasteiger partial charge in [-0.15, -0.1) is 0 Å². The smallest absolute Gasteiger partial charge is 0.224 e. The summed E-state index contributed by atoms with van der Waals surface area (Å²) in [4.78, 5) is 8.62. The molecule has 100 valence electrons. The molecule has 0 spiro atoms. The topological polar surface area (TPSA) is 59.1 Å². The molecule has 0 aromatic carbocycles. The van der Waals surface area contributed by atoms with Crippen molar-refractivity contribution in [1.82, 2.24) is 9.97 Å². The van der Waals surface area contributed by atoms with Crippen molar-refractivity contribution in [2.45, 2.75) is 45.3 Å². The third-order valence-electron chi connectivity index (χ3n) is 3.09. The Kier molecular flexibility index (Phi) is 4.75. The molecule has 0 bridgehead atoms. The molecule has 1 saturated heterocycles. The van der Waals surface area contributed by atoms with E-state index in [1.807, 2.05) is 6.07 Å². The van der Waals surface area contributed by atoms with Crippen molar-refractivity contribution in [3.05, 3.63) is 12.3 Å². The average Bonchev–Trinajstić information content (AvgIpc) is 2.91. The molecule has 2 heterocycles. The summed E-state index contributed by atoms with van der Waals surface area (Å²) in [6.07, 6.45) is 5.42. The summed E-state index contributed by atoms with van der Waals surface area (Å²) in [5, 5.41) is 6.57. The van der Waals surface area contributed by atoms with E-state index in [9.17, 15) is 0 Å². The minimum Gasteiger partial charge on any atom is -0.376 e. The van der Waals surface area contributed by atoms with Crippen LogP contribution in [0.4, 0.5) is 11.8 Å². The fourth-order valence-corrected chi connectivity index (χ4v) is 2.08. The first-order valence-electron chi connectivity index (χ1n) is 6.74. The Labute approximate surface area is 108 Å². The van der Waals surface area contributed by atoms with Crippen molar-refractivity contribution < 1.29 is 4.74 Å². The SMILES string of the molecule is CCCNc1nccc(NC(C)C2CCCO2)n1. The average molecular weight is 250 g/mol. The van der Waals surface area contributed by atoms with Crippen LogP contribution in [0.15, 0.2) is 12.3 Å². The zero-order chi connectivity index (χ0) is 12.8. The predicted molar refractivity (Wildman–Crippen MR) is 72.9 cm³/mol. The Morgan fingerprint density at radius 2 is 2.44 bits per heavy atom. The minimum atomic E-state index is 0.279. The lowest BCUT2D eigenvalue weighted by molar-refractivity contribution is 0.0995. The second-order valence-electron chi connectivity index (χ2n) is 4.68. The molecular formula is C13H22N4O. The van der Waals surface area contributed by atoms with Gasteiger partial charge >= 0.3 is 0 Å². The summed E-state index contributed by atoms with van der Waals surface area (Å²) < 4.78 is 5.66. The van der Waals surface area contributed by atoms with Crippen LogP contribution in [0.3, 0.4) is 0 Å². The van der Waals surface area contributed by atoms with Crippen LogP contribution < -0.4 is 10.6 Å². The van der Waals surface area contributed by atoms with Crippen LogP contribution in [-0.4, -0.2) is 35.3 Å². The van der Waals surface area contributed by atoms with E-state index in [0.29, 0.717) is 12.1 Å². The molecule has 2 atom stereocenters. The molecule has 5 nitrogen and oxygen atoms in total. The molecule has 1 aliphatic rings. The summed E-state index contributed by atoms with van der Waals surface area (Å²) in [6, 6.07) is 2.17. The van der Waals surface area contributed by atoms with E-state index >= 15 is 0 Å². The summed E-state index contributed by atoms with van der Waals surface area (Å²) in [5.74, 6) is 1.54. The molecule has 18 heavy (non-hydrogen) atoms. The van der Waals surface area contributed by atoms with Crippen molar-refractivity contribution in [3.8, 4) is 0 Å². The Bertz CT molecular complexity index is 366. The fraction of sp³-hybridized carbons (Fsp3) is 0.692. The van der Waals surface area contributed by atoms with Gasteiger partial charge in [0.1, 0.15) is 5.82 Å². The van der Waals surface area contributed by atoms with Gasteiger partial charge in [-0.25, -0.2) is 4.98 Å². The van der Waals surface area contributed by atoms with Crippen molar-refractivity contribution in [1.29, 1.82) is 0 Å². The molecule has 0 aliphatic carbocycles. The number of ether oxygens (including phenoxy) is 1. The van der Waals surface area contributed by atoms with E-state index in [4.69, 9.17) is 4.74 Å². The standard InChI is InChI=1S/C13H22N4O/c1-3-7-14-13-15-8-6-12(17-13)16-10(2)11-5-4-9-18-11/h6,8,10-11H,3-5,7,9H2,1-2H3,(H2,14,15,16,17). The minimum absolute atomic E-state index is 0.279. The number of nitrogens with zero attached hydrogens (tertiary/aromatic N) is 2. The Morgan fingerprint density at radius 3 is 3.17 bits per heavy atom. The largest absolute Gasteiger partial charge is 0.376 e. The van der Waals surface area contributed by atoms with Crippen LogP contribution in [0.1, 0.15) is 33.1 Å². The lowest BCUT2D eigenvalue weighted by atomic mass is 10.1. The number of anilines is 2. The molecular weight excluding hydrogens is 228 g/mol. The molecule has 1 aromatic heterocycles. The normalized spacial score (nSPS) is 20.7. The third kappa shape index (κ3) is 3.57. The van der Waals surface area contributed by atoms with Crippen molar-refractivity contribution in [3.63, 3.8) is 0 Å². The van der Waals surface area contributed by atoms with Gasteiger partial charge in [0, 0.05) is 19.3 Å². The number of nitrogens with one attached hydrogen (secondary N) is 2. The summed E-state index contributed by atoms with van der Waals surface area (Å²) in [7, 11) is 0. The Hall–Kier alpha value is -1.36. The number of hydrogen-bond acceptors (Lipinski definition) is 5. The lowest BCUT2D eigenvalue weighted by Gasteiger charge is -2.20. The van der Waals surface area contributed by atoms with Crippen LogP contribution in [0.5, 0.6) is 0 Å². The highest BCUT2D eigenvalue weighted by Gasteiger charge is 2.22. The maximum atomic E-state index is 5.66. The van der Waals surface area contributed by atoms with E-state index in [-0.39, 0.29) is 6.04 Å². The molecule has 1 aliphatic heterocycles. The van der Waals surface area contributed by atoms with Gasteiger partial charge in [0.2, 0.25) is 5.95 Å². The Morgan fingerprint density at radius 1 is 1.56 bits per heavy atom. The van der Waals surface area contributed by atoms with Gasteiger partial charge in [-0.3, -0.25) is 0 Å². The number of hydrogen-bond donors (Lipinski definition) is 2.